The number of hydrogen-bond donors (Lipinski definition) is 1. The smallest absolute Gasteiger partial charge is 0.263 e. The number of hydrogen-bond acceptors (Lipinski definition) is 4. The van der Waals surface area contributed by atoms with Gasteiger partial charge in [0.2, 0.25) is 0 Å². The highest BCUT2D eigenvalue weighted by Gasteiger charge is 2.16. The third-order valence-electron chi connectivity index (χ3n) is 2.26. The molecule has 0 spiro atoms. The van der Waals surface area contributed by atoms with Gasteiger partial charge >= 0.3 is 0 Å². The molecule has 0 bridgehead atoms. The number of aromatic nitrogens is 2. The first-order valence-electron chi connectivity index (χ1n) is 5.14. The summed E-state index contributed by atoms with van der Waals surface area (Å²) in [7, 11) is -3.90. The van der Waals surface area contributed by atoms with Crippen LogP contribution in [0.5, 0.6) is 0 Å². The van der Waals surface area contributed by atoms with Crippen molar-refractivity contribution in [2.45, 2.75) is 11.8 Å². The summed E-state index contributed by atoms with van der Waals surface area (Å²) in [5, 5.41) is 0.287. The summed E-state index contributed by atoms with van der Waals surface area (Å²) in [6, 6.07) is 2.41. The summed E-state index contributed by atoms with van der Waals surface area (Å²) in [5.74, 6) is -0.728. The number of pyridine rings is 2. The zero-order valence-electron chi connectivity index (χ0n) is 9.76. The molecule has 2 rings (SSSR count). The van der Waals surface area contributed by atoms with Crippen LogP contribution in [-0.2, 0) is 10.0 Å². The van der Waals surface area contributed by atoms with E-state index in [-0.39, 0.29) is 15.7 Å². The number of rotatable bonds is 3. The van der Waals surface area contributed by atoms with Gasteiger partial charge in [-0.2, -0.15) is 0 Å². The zero-order chi connectivity index (χ0) is 14.0. The van der Waals surface area contributed by atoms with Crippen LogP contribution in [0.1, 0.15) is 5.56 Å². The molecule has 1 N–H and O–H groups in total. The quantitative estimate of drug-likeness (QED) is 0.884. The number of halogens is 2. The highest BCUT2D eigenvalue weighted by Crippen LogP contribution is 2.19. The van der Waals surface area contributed by atoms with Crippen molar-refractivity contribution in [3.8, 4) is 0 Å². The Hall–Kier alpha value is -1.73. The minimum Gasteiger partial charge on any atom is -0.278 e. The first-order valence-corrected chi connectivity index (χ1v) is 7.00. The lowest BCUT2D eigenvalue weighted by atomic mass is 10.3. The van der Waals surface area contributed by atoms with E-state index in [9.17, 15) is 12.8 Å². The molecule has 0 atom stereocenters. The molecule has 0 aliphatic rings. The Morgan fingerprint density at radius 2 is 2.00 bits per heavy atom. The second-order valence-electron chi connectivity index (χ2n) is 3.78. The van der Waals surface area contributed by atoms with Crippen LogP contribution in [0.25, 0.3) is 0 Å². The number of nitrogens with one attached hydrogen (secondary N) is 1. The van der Waals surface area contributed by atoms with Crippen molar-refractivity contribution in [1.29, 1.82) is 0 Å². The third kappa shape index (κ3) is 3.18. The molecule has 0 aliphatic carbocycles. The van der Waals surface area contributed by atoms with Gasteiger partial charge in [0.1, 0.15) is 15.9 Å². The van der Waals surface area contributed by atoms with Gasteiger partial charge in [-0.25, -0.2) is 17.8 Å². The van der Waals surface area contributed by atoms with Crippen molar-refractivity contribution in [2.24, 2.45) is 0 Å². The molecule has 0 aliphatic heterocycles. The van der Waals surface area contributed by atoms with Crippen LogP contribution >= 0.6 is 11.6 Å². The molecule has 0 amide bonds. The summed E-state index contributed by atoms with van der Waals surface area (Å²) >= 11 is 5.74. The molecule has 5 nitrogen and oxygen atoms in total. The molecular formula is C11H9ClFN3O2S. The van der Waals surface area contributed by atoms with E-state index in [0.29, 0.717) is 5.56 Å². The average Bonchev–Trinajstić information content (AvgIpc) is 2.33. The summed E-state index contributed by atoms with van der Waals surface area (Å²) in [5.41, 5.74) is 0.866. The van der Waals surface area contributed by atoms with Gasteiger partial charge in [0, 0.05) is 6.20 Å². The highest BCUT2D eigenvalue weighted by atomic mass is 35.5. The highest BCUT2D eigenvalue weighted by molar-refractivity contribution is 7.92. The molecule has 19 heavy (non-hydrogen) atoms. The van der Waals surface area contributed by atoms with E-state index < -0.39 is 15.8 Å². The molecule has 8 heteroatoms. The fraction of sp³-hybridized carbons (Fsp3) is 0.0909. The van der Waals surface area contributed by atoms with Gasteiger partial charge in [-0.1, -0.05) is 11.6 Å². The fourth-order valence-electron chi connectivity index (χ4n) is 1.37. The molecule has 0 saturated heterocycles. The van der Waals surface area contributed by atoms with Crippen LogP contribution in [0.2, 0.25) is 5.15 Å². The van der Waals surface area contributed by atoms with Crippen molar-refractivity contribution in [3.05, 3.63) is 47.3 Å². The minimum atomic E-state index is -3.90. The SMILES string of the molecule is Cc1cc(NS(=O)(=O)c2cncc(F)c2)cnc1Cl. The van der Waals surface area contributed by atoms with Gasteiger partial charge in [0.25, 0.3) is 10.0 Å². The van der Waals surface area contributed by atoms with E-state index in [0.717, 1.165) is 18.5 Å². The second kappa shape index (κ2) is 5.10. The van der Waals surface area contributed by atoms with E-state index in [1.165, 1.54) is 12.3 Å². The minimum absolute atomic E-state index is 0.242. The average molecular weight is 302 g/mol. The van der Waals surface area contributed by atoms with Crippen LogP contribution in [0.4, 0.5) is 10.1 Å². The van der Waals surface area contributed by atoms with Gasteiger partial charge < -0.3 is 0 Å². The van der Waals surface area contributed by atoms with Gasteiger partial charge in [-0.3, -0.25) is 9.71 Å². The molecule has 0 aromatic carbocycles. The Labute approximate surface area is 114 Å². The predicted octanol–water partition coefficient (Wildman–Crippen LogP) is 2.38. The Bertz CT molecular complexity index is 722. The maximum atomic E-state index is 13.0. The molecule has 2 heterocycles. The van der Waals surface area contributed by atoms with E-state index in [1.54, 1.807) is 6.92 Å². The van der Waals surface area contributed by atoms with Crippen LogP contribution in [0, 0.1) is 12.7 Å². The summed E-state index contributed by atoms with van der Waals surface area (Å²) in [4.78, 5) is 7.05. The molecular weight excluding hydrogens is 293 g/mol. The largest absolute Gasteiger partial charge is 0.278 e. The summed E-state index contributed by atoms with van der Waals surface area (Å²) in [6.45, 7) is 1.69. The Balaban J connectivity index is 2.33. The maximum Gasteiger partial charge on any atom is 0.263 e. The van der Waals surface area contributed by atoms with Crippen molar-refractivity contribution < 1.29 is 12.8 Å². The summed E-state index contributed by atoms with van der Waals surface area (Å²) in [6.07, 6.45) is 3.26. The molecule has 0 unspecified atom stereocenters. The topological polar surface area (TPSA) is 72.0 Å². The zero-order valence-corrected chi connectivity index (χ0v) is 11.3. The van der Waals surface area contributed by atoms with Gasteiger partial charge in [0.15, 0.2) is 0 Å². The lowest BCUT2D eigenvalue weighted by molar-refractivity contribution is 0.592. The molecule has 0 radical (unpaired) electrons. The monoisotopic (exact) mass is 301 g/mol. The van der Waals surface area contributed by atoms with Crippen molar-refractivity contribution in [1.82, 2.24) is 9.97 Å². The van der Waals surface area contributed by atoms with Crippen LogP contribution in [0.15, 0.2) is 35.6 Å². The number of sulfonamides is 1. The Morgan fingerprint density at radius 1 is 1.26 bits per heavy atom. The summed E-state index contributed by atoms with van der Waals surface area (Å²) < 4.78 is 39.2. The van der Waals surface area contributed by atoms with E-state index in [2.05, 4.69) is 14.7 Å². The molecule has 2 aromatic rings. The first kappa shape index (κ1) is 13.7. The van der Waals surface area contributed by atoms with Crippen molar-refractivity contribution in [2.75, 3.05) is 4.72 Å². The maximum absolute atomic E-state index is 13.0. The van der Waals surface area contributed by atoms with Gasteiger partial charge in [0.05, 0.1) is 18.1 Å². The van der Waals surface area contributed by atoms with E-state index in [1.807, 2.05) is 0 Å². The lowest BCUT2D eigenvalue weighted by Crippen LogP contribution is -2.13. The molecule has 0 fully saturated rings. The van der Waals surface area contributed by atoms with E-state index in [4.69, 9.17) is 11.6 Å². The van der Waals surface area contributed by atoms with E-state index >= 15 is 0 Å². The fourth-order valence-corrected chi connectivity index (χ4v) is 2.48. The lowest BCUT2D eigenvalue weighted by Gasteiger charge is -2.08. The third-order valence-corrected chi connectivity index (χ3v) is 4.00. The predicted molar refractivity (Wildman–Crippen MR) is 69.0 cm³/mol. The Kier molecular flexibility index (Phi) is 3.68. The number of nitrogens with zero attached hydrogens (tertiary/aromatic N) is 2. The molecule has 0 saturated carbocycles. The number of anilines is 1. The second-order valence-corrected chi connectivity index (χ2v) is 5.82. The van der Waals surface area contributed by atoms with Crippen molar-refractivity contribution in [3.63, 3.8) is 0 Å². The first-order chi connectivity index (χ1) is 8.88. The van der Waals surface area contributed by atoms with Gasteiger partial charge in [-0.15, -0.1) is 0 Å². The van der Waals surface area contributed by atoms with Crippen LogP contribution < -0.4 is 4.72 Å². The Morgan fingerprint density at radius 3 is 2.63 bits per heavy atom. The normalized spacial score (nSPS) is 11.3. The number of aryl methyl sites for hydroxylation is 1. The molecule has 2 aromatic heterocycles. The van der Waals surface area contributed by atoms with Crippen LogP contribution in [-0.4, -0.2) is 18.4 Å². The van der Waals surface area contributed by atoms with Crippen LogP contribution in [0.3, 0.4) is 0 Å². The standard InChI is InChI=1S/C11H9ClFN3O2S/c1-7-2-9(5-15-11(7)12)16-19(17,18)10-3-8(13)4-14-6-10/h2-6,16H,1H3. The van der Waals surface area contributed by atoms with Gasteiger partial charge in [-0.05, 0) is 24.6 Å². The van der Waals surface area contributed by atoms with Crippen molar-refractivity contribution >= 4 is 27.3 Å². The molecule has 100 valence electrons.